The highest BCUT2D eigenvalue weighted by atomic mass is 35.5. The maximum Gasteiger partial charge on any atom is 0.391 e. The third-order valence-electron chi connectivity index (χ3n) is 6.06. The van der Waals surface area contributed by atoms with Crippen LogP contribution in [0.2, 0.25) is 5.02 Å². The minimum Gasteiger partial charge on any atom is -0.509 e. The fourth-order valence-electron chi connectivity index (χ4n) is 4.37. The van der Waals surface area contributed by atoms with E-state index >= 15 is 4.39 Å². The number of hydrogen-bond donors (Lipinski definition) is 2. The molecule has 31 heavy (non-hydrogen) atoms. The zero-order valence-electron chi connectivity index (χ0n) is 16.0. The van der Waals surface area contributed by atoms with Crippen LogP contribution >= 0.6 is 11.6 Å². The molecule has 3 nitrogen and oxygen atoms in total. The second-order valence-corrected chi connectivity index (χ2v) is 8.26. The van der Waals surface area contributed by atoms with Crippen molar-refractivity contribution < 1.29 is 31.9 Å². The lowest BCUT2D eigenvalue weighted by Gasteiger charge is -2.37. The van der Waals surface area contributed by atoms with Gasteiger partial charge in [-0.2, -0.15) is 13.2 Å². The van der Waals surface area contributed by atoms with Crippen LogP contribution in [0.1, 0.15) is 31.2 Å². The number of halogens is 6. The molecule has 2 aliphatic rings. The van der Waals surface area contributed by atoms with Crippen molar-refractivity contribution in [2.24, 2.45) is 5.92 Å². The molecule has 2 aromatic rings. The molecule has 2 aromatic carbocycles. The van der Waals surface area contributed by atoms with Gasteiger partial charge in [-0.25, -0.2) is 8.78 Å². The zero-order valence-corrected chi connectivity index (χ0v) is 16.7. The van der Waals surface area contributed by atoms with Gasteiger partial charge in [-0.1, -0.05) is 41.9 Å². The average molecular weight is 458 g/mol. The van der Waals surface area contributed by atoms with Crippen LogP contribution in [0.25, 0.3) is 16.7 Å². The Hall–Kier alpha value is -2.61. The Balaban J connectivity index is 1.81. The largest absolute Gasteiger partial charge is 0.509 e. The summed E-state index contributed by atoms with van der Waals surface area (Å²) in [6, 6.07) is 9.20. The number of benzene rings is 2. The molecule has 1 spiro atoms. The van der Waals surface area contributed by atoms with E-state index in [4.69, 9.17) is 11.6 Å². The Bertz CT molecular complexity index is 1070. The van der Waals surface area contributed by atoms with E-state index in [-0.39, 0.29) is 31.2 Å². The number of nitrogens with one attached hydrogen (secondary N) is 1. The van der Waals surface area contributed by atoms with E-state index in [0.29, 0.717) is 5.56 Å². The van der Waals surface area contributed by atoms with Crippen LogP contribution in [0, 0.1) is 17.6 Å². The maximum atomic E-state index is 15.4. The molecular weight excluding hydrogens is 441 g/mol. The van der Waals surface area contributed by atoms with E-state index in [1.165, 1.54) is 0 Å². The van der Waals surface area contributed by atoms with E-state index in [9.17, 15) is 27.5 Å². The van der Waals surface area contributed by atoms with Crippen LogP contribution in [0.4, 0.5) is 22.0 Å². The smallest absolute Gasteiger partial charge is 0.391 e. The minimum absolute atomic E-state index is 0.0724. The van der Waals surface area contributed by atoms with Crippen molar-refractivity contribution >= 4 is 23.1 Å². The first-order valence-corrected chi connectivity index (χ1v) is 9.99. The highest BCUT2D eigenvalue weighted by Crippen LogP contribution is 2.48. The first-order chi connectivity index (χ1) is 14.5. The van der Waals surface area contributed by atoms with Gasteiger partial charge in [-0.15, -0.1) is 0 Å². The third kappa shape index (κ3) is 3.56. The van der Waals surface area contributed by atoms with Crippen molar-refractivity contribution in [1.29, 1.82) is 0 Å². The summed E-state index contributed by atoms with van der Waals surface area (Å²) < 4.78 is 69.3. The summed E-state index contributed by atoms with van der Waals surface area (Å²) in [5, 5.41) is 12.8. The van der Waals surface area contributed by atoms with E-state index in [1.54, 1.807) is 30.3 Å². The topological polar surface area (TPSA) is 49.3 Å². The standard InChI is InChI=1S/C22H17ClF5NO2/c23-14-10-13(11-4-2-1-3-5-11)17(24)15(18(14)25)16-19(30)21(29-20(16)31)8-6-12(7-9-21)22(26,27)28/h1-5,10,12,30H,6-9H2,(H,29,31). The molecule has 1 amide bonds. The number of aliphatic hydroxyl groups excluding tert-OH is 1. The van der Waals surface area contributed by atoms with Crippen LogP contribution < -0.4 is 5.32 Å². The molecule has 0 unspecified atom stereocenters. The molecule has 1 aliphatic heterocycles. The summed E-state index contributed by atoms with van der Waals surface area (Å²) in [6.45, 7) is 0. The van der Waals surface area contributed by atoms with Gasteiger partial charge in [-0.3, -0.25) is 4.79 Å². The number of carbonyl (C=O) groups excluding carboxylic acids is 1. The number of amides is 1. The van der Waals surface area contributed by atoms with Crippen LogP contribution in [0.5, 0.6) is 0 Å². The van der Waals surface area contributed by atoms with Gasteiger partial charge >= 0.3 is 6.18 Å². The molecule has 1 aliphatic carbocycles. The van der Waals surface area contributed by atoms with Crippen LogP contribution in [-0.2, 0) is 4.79 Å². The molecule has 9 heteroatoms. The molecule has 0 aromatic heterocycles. The average Bonchev–Trinajstić information content (AvgIpc) is 2.95. The Morgan fingerprint density at radius 1 is 1.06 bits per heavy atom. The van der Waals surface area contributed by atoms with E-state index in [2.05, 4.69) is 5.32 Å². The van der Waals surface area contributed by atoms with Crippen LogP contribution in [0.15, 0.2) is 42.2 Å². The van der Waals surface area contributed by atoms with Gasteiger partial charge < -0.3 is 10.4 Å². The second-order valence-electron chi connectivity index (χ2n) is 7.85. The van der Waals surface area contributed by atoms with Gasteiger partial charge in [0, 0.05) is 5.56 Å². The normalized spacial score (nSPS) is 24.1. The van der Waals surface area contributed by atoms with Crippen molar-refractivity contribution in [3.05, 3.63) is 64.4 Å². The molecular formula is C22H17ClF5NO2. The molecule has 0 radical (unpaired) electrons. The van der Waals surface area contributed by atoms with E-state index in [0.717, 1.165) is 6.07 Å². The molecule has 1 heterocycles. The molecule has 2 N–H and O–H groups in total. The lowest BCUT2D eigenvalue weighted by atomic mass is 9.75. The Kier molecular flexibility index (Phi) is 5.24. The molecule has 4 rings (SSSR count). The maximum absolute atomic E-state index is 15.4. The summed E-state index contributed by atoms with van der Waals surface area (Å²) >= 11 is 5.96. The molecule has 0 saturated heterocycles. The highest BCUT2D eigenvalue weighted by Gasteiger charge is 2.52. The first-order valence-electron chi connectivity index (χ1n) is 9.61. The van der Waals surface area contributed by atoms with Crippen molar-refractivity contribution in [2.45, 2.75) is 37.4 Å². The lowest BCUT2D eigenvalue weighted by molar-refractivity contribution is -0.184. The quantitative estimate of drug-likeness (QED) is 0.418. The Labute approximate surface area is 179 Å². The van der Waals surface area contributed by atoms with Gasteiger partial charge in [0.25, 0.3) is 5.91 Å². The Morgan fingerprint density at radius 2 is 1.68 bits per heavy atom. The van der Waals surface area contributed by atoms with Gasteiger partial charge in [0.05, 0.1) is 27.6 Å². The molecule has 1 saturated carbocycles. The monoisotopic (exact) mass is 457 g/mol. The summed E-state index contributed by atoms with van der Waals surface area (Å²) in [5.74, 6) is -5.49. The van der Waals surface area contributed by atoms with Crippen LogP contribution in [-0.4, -0.2) is 22.7 Å². The number of hydrogen-bond acceptors (Lipinski definition) is 2. The van der Waals surface area contributed by atoms with Gasteiger partial charge in [0.15, 0.2) is 5.82 Å². The molecule has 164 valence electrons. The van der Waals surface area contributed by atoms with E-state index < -0.39 is 57.1 Å². The van der Waals surface area contributed by atoms with Gasteiger partial charge in [0.2, 0.25) is 0 Å². The predicted molar refractivity (Wildman–Crippen MR) is 105 cm³/mol. The second kappa shape index (κ2) is 7.51. The van der Waals surface area contributed by atoms with Crippen molar-refractivity contribution in [3.8, 4) is 11.1 Å². The summed E-state index contributed by atoms with van der Waals surface area (Å²) in [5.41, 5.74) is -2.61. The number of carbonyl (C=O) groups is 1. The first kappa shape index (κ1) is 21.6. The third-order valence-corrected chi connectivity index (χ3v) is 6.34. The predicted octanol–water partition coefficient (Wildman–Crippen LogP) is 6.18. The fourth-order valence-corrected chi connectivity index (χ4v) is 4.57. The number of rotatable bonds is 2. The van der Waals surface area contributed by atoms with Crippen molar-refractivity contribution in [3.63, 3.8) is 0 Å². The van der Waals surface area contributed by atoms with Crippen molar-refractivity contribution in [2.75, 3.05) is 0 Å². The van der Waals surface area contributed by atoms with Gasteiger partial charge in [-0.05, 0) is 37.3 Å². The number of alkyl halides is 3. The minimum atomic E-state index is -4.39. The molecule has 0 atom stereocenters. The SMILES string of the molecule is O=C1NC2(CCC(C(F)(F)F)CC2)C(O)=C1c1c(F)c(Cl)cc(-c2ccccc2)c1F. The zero-order chi connectivity index (χ0) is 22.6. The lowest BCUT2D eigenvalue weighted by Crippen LogP contribution is -2.48. The summed E-state index contributed by atoms with van der Waals surface area (Å²) in [7, 11) is 0. The highest BCUT2D eigenvalue weighted by molar-refractivity contribution is 6.32. The molecule has 0 bridgehead atoms. The Morgan fingerprint density at radius 3 is 2.26 bits per heavy atom. The van der Waals surface area contributed by atoms with E-state index in [1.807, 2.05) is 0 Å². The van der Waals surface area contributed by atoms with Crippen molar-refractivity contribution in [1.82, 2.24) is 5.32 Å². The van der Waals surface area contributed by atoms with Gasteiger partial charge in [0.1, 0.15) is 11.6 Å². The fraction of sp³-hybridized carbons (Fsp3) is 0.318. The molecule has 1 fully saturated rings. The van der Waals surface area contributed by atoms with Crippen LogP contribution in [0.3, 0.4) is 0 Å². The summed E-state index contributed by atoms with van der Waals surface area (Å²) in [4.78, 5) is 12.7. The number of aliphatic hydroxyl groups is 1. The summed E-state index contributed by atoms with van der Waals surface area (Å²) in [6.07, 6.45) is -5.43.